The van der Waals surface area contributed by atoms with Gasteiger partial charge < -0.3 is 15.0 Å². The van der Waals surface area contributed by atoms with Crippen molar-refractivity contribution >= 4 is 28.9 Å². The highest BCUT2D eigenvalue weighted by molar-refractivity contribution is 6.23. The Balaban J connectivity index is 1.47. The highest BCUT2D eigenvalue weighted by Crippen LogP contribution is 2.29. The second-order valence-electron chi connectivity index (χ2n) is 7.40. The molecule has 2 aromatic carbocycles. The molecule has 0 aromatic heterocycles. The number of morpholine rings is 1. The molecule has 1 N–H and O–H groups in total. The van der Waals surface area contributed by atoms with Gasteiger partial charge in [-0.3, -0.25) is 9.59 Å². The Hall–Kier alpha value is -2.86. The molecular formula is C22H25N3O3. The van der Waals surface area contributed by atoms with Crippen LogP contribution in [0.25, 0.3) is 0 Å². The van der Waals surface area contributed by atoms with E-state index < -0.39 is 6.04 Å². The van der Waals surface area contributed by atoms with Crippen molar-refractivity contribution in [1.82, 2.24) is 0 Å². The standard InChI is InChI=1S/C22H25N3O3/c1-15-3-4-16(2)20(13-15)25-21(26)14-19(22(25)27)23-17-5-7-18(8-6-17)24-9-11-28-12-10-24/h3-8,13,19,23H,9-12,14H2,1-2H3/t19-/m0/s1. The fourth-order valence-corrected chi connectivity index (χ4v) is 3.75. The summed E-state index contributed by atoms with van der Waals surface area (Å²) >= 11 is 0. The van der Waals surface area contributed by atoms with Crippen molar-refractivity contribution in [3.05, 3.63) is 53.6 Å². The topological polar surface area (TPSA) is 61.9 Å². The zero-order valence-electron chi connectivity index (χ0n) is 16.3. The Bertz CT molecular complexity index is 888. The van der Waals surface area contributed by atoms with Crippen LogP contribution in [0.15, 0.2) is 42.5 Å². The largest absolute Gasteiger partial charge is 0.378 e. The number of anilines is 3. The molecule has 2 aromatic rings. The highest BCUT2D eigenvalue weighted by Gasteiger charge is 2.40. The number of imide groups is 1. The number of benzene rings is 2. The Labute approximate surface area is 165 Å². The average Bonchev–Trinajstić information content (AvgIpc) is 2.98. The molecular weight excluding hydrogens is 354 g/mol. The Morgan fingerprint density at radius 2 is 1.71 bits per heavy atom. The molecule has 2 aliphatic heterocycles. The molecule has 0 radical (unpaired) electrons. The van der Waals surface area contributed by atoms with E-state index in [2.05, 4.69) is 10.2 Å². The van der Waals surface area contributed by atoms with Crippen molar-refractivity contribution in [3.8, 4) is 0 Å². The molecule has 0 spiro atoms. The molecule has 146 valence electrons. The lowest BCUT2D eigenvalue weighted by Crippen LogP contribution is -2.36. The van der Waals surface area contributed by atoms with Gasteiger partial charge in [-0.2, -0.15) is 0 Å². The minimum Gasteiger partial charge on any atom is -0.378 e. The van der Waals surface area contributed by atoms with Crippen LogP contribution < -0.4 is 15.1 Å². The first-order valence-electron chi connectivity index (χ1n) is 9.66. The molecule has 6 nitrogen and oxygen atoms in total. The quantitative estimate of drug-likeness (QED) is 0.828. The molecule has 0 aliphatic carbocycles. The van der Waals surface area contributed by atoms with Crippen LogP contribution >= 0.6 is 0 Å². The summed E-state index contributed by atoms with van der Waals surface area (Å²) in [4.78, 5) is 29.1. The number of amides is 2. The number of carbonyl (C=O) groups is 2. The molecule has 6 heteroatoms. The third kappa shape index (κ3) is 3.60. The van der Waals surface area contributed by atoms with Crippen molar-refractivity contribution in [3.63, 3.8) is 0 Å². The minimum absolute atomic E-state index is 0.164. The second kappa shape index (κ2) is 7.64. The van der Waals surface area contributed by atoms with Gasteiger partial charge in [-0.15, -0.1) is 0 Å². The number of ether oxygens (including phenoxy) is 1. The van der Waals surface area contributed by atoms with Gasteiger partial charge in [-0.25, -0.2) is 4.90 Å². The third-order valence-corrected chi connectivity index (χ3v) is 5.34. The molecule has 2 amide bonds. The first-order valence-corrected chi connectivity index (χ1v) is 9.66. The molecule has 2 aliphatic rings. The monoisotopic (exact) mass is 379 g/mol. The van der Waals surface area contributed by atoms with Gasteiger partial charge in [0.1, 0.15) is 6.04 Å². The van der Waals surface area contributed by atoms with E-state index in [-0.39, 0.29) is 18.2 Å². The maximum Gasteiger partial charge on any atom is 0.256 e. The van der Waals surface area contributed by atoms with E-state index >= 15 is 0 Å². The lowest BCUT2D eigenvalue weighted by Gasteiger charge is -2.29. The maximum atomic E-state index is 12.9. The first-order chi connectivity index (χ1) is 13.5. The van der Waals surface area contributed by atoms with Crippen LogP contribution in [0.2, 0.25) is 0 Å². The number of aryl methyl sites for hydroxylation is 2. The van der Waals surface area contributed by atoms with Crippen molar-refractivity contribution < 1.29 is 14.3 Å². The average molecular weight is 379 g/mol. The van der Waals surface area contributed by atoms with Gasteiger partial charge in [-0.05, 0) is 55.3 Å². The van der Waals surface area contributed by atoms with E-state index in [0.29, 0.717) is 5.69 Å². The van der Waals surface area contributed by atoms with Crippen LogP contribution in [-0.4, -0.2) is 44.2 Å². The van der Waals surface area contributed by atoms with Gasteiger partial charge in [0.25, 0.3) is 5.91 Å². The van der Waals surface area contributed by atoms with Crippen LogP contribution in [0.5, 0.6) is 0 Å². The lowest BCUT2D eigenvalue weighted by atomic mass is 10.1. The Morgan fingerprint density at radius 1 is 1.00 bits per heavy atom. The molecule has 2 heterocycles. The summed E-state index contributed by atoms with van der Waals surface area (Å²) in [5, 5.41) is 3.23. The third-order valence-electron chi connectivity index (χ3n) is 5.34. The molecule has 2 fully saturated rings. The van der Waals surface area contributed by atoms with Gasteiger partial charge in [0.05, 0.1) is 25.3 Å². The maximum absolute atomic E-state index is 12.9. The van der Waals surface area contributed by atoms with E-state index in [1.165, 1.54) is 4.90 Å². The van der Waals surface area contributed by atoms with E-state index in [1.54, 1.807) is 0 Å². The van der Waals surface area contributed by atoms with E-state index in [1.807, 2.05) is 56.3 Å². The van der Waals surface area contributed by atoms with Crippen LogP contribution in [0.4, 0.5) is 17.1 Å². The summed E-state index contributed by atoms with van der Waals surface area (Å²) in [5.74, 6) is -0.364. The van der Waals surface area contributed by atoms with Crippen LogP contribution in [0.3, 0.4) is 0 Å². The normalized spacial score (nSPS) is 20.0. The van der Waals surface area contributed by atoms with E-state index in [0.717, 1.165) is 48.8 Å². The summed E-state index contributed by atoms with van der Waals surface area (Å²) in [7, 11) is 0. The first kappa shape index (κ1) is 18.5. The smallest absolute Gasteiger partial charge is 0.256 e. The SMILES string of the molecule is Cc1ccc(C)c(N2C(=O)C[C@H](Nc3ccc(N4CCOCC4)cc3)C2=O)c1. The lowest BCUT2D eigenvalue weighted by molar-refractivity contribution is -0.121. The number of nitrogens with zero attached hydrogens (tertiary/aromatic N) is 2. The fraction of sp³-hybridized carbons (Fsp3) is 0.364. The summed E-state index contributed by atoms with van der Waals surface area (Å²) in [6.45, 7) is 7.13. The summed E-state index contributed by atoms with van der Waals surface area (Å²) < 4.78 is 5.39. The van der Waals surface area contributed by atoms with Crippen LogP contribution in [-0.2, 0) is 14.3 Å². The van der Waals surface area contributed by atoms with Crippen LogP contribution in [0.1, 0.15) is 17.5 Å². The molecule has 28 heavy (non-hydrogen) atoms. The Kier molecular flexibility index (Phi) is 5.05. The highest BCUT2D eigenvalue weighted by atomic mass is 16.5. The molecule has 4 rings (SSSR count). The number of carbonyl (C=O) groups excluding carboxylic acids is 2. The molecule has 0 bridgehead atoms. The summed E-state index contributed by atoms with van der Waals surface area (Å²) in [6.07, 6.45) is 0.164. The molecule has 0 unspecified atom stereocenters. The minimum atomic E-state index is -0.540. The van der Waals surface area contributed by atoms with Crippen molar-refractivity contribution in [2.45, 2.75) is 26.3 Å². The van der Waals surface area contributed by atoms with Gasteiger partial charge in [0.15, 0.2) is 0 Å². The predicted octanol–water partition coefficient (Wildman–Crippen LogP) is 2.88. The van der Waals surface area contributed by atoms with Crippen LogP contribution in [0, 0.1) is 13.8 Å². The number of rotatable bonds is 4. The molecule has 2 saturated heterocycles. The van der Waals surface area contributed by atoms with Gasteiger partial charge in [0.2, 0.25) is 5.91 Å². The number of hydrogen-bond acceptors (Lipinski definition) is 5. The van der Waals surface area contributed by atoms with Gasteiger partial charge in [-0.1, -0.05) is 12.1 Å². The van der Waals surface area contributed by atoms with E-state index in [4.69, 9.17) is 4.74 Å². The second-order valence-corrected chi connectivity index (χ2v) is 7.40. The van der Waals surface area contributed by atoms with Gasteiger partial charge >= 0.3 is 0 Å². The number of nitrogens with one attached hydrogen (secondary N) is 1. The van der Waals surface area contributed by atoms with Crippen molar-refractivity contribution in [2.24, 2.45) is 0 Å². The zero-order chi connectivity index (χ0) is 19.7. The van der Waals surface area contributed by atoms with Crippen molar-refractivity contribution in [2.75, 3.05) is 41.4 Å². The summed E-state index contributed by atoms with van der Waals surface area (Å²) in [6, 6.07) is 13.3. The molecule has 0 saturated carbocycles. The fourth-order valence-electron chi connectivity index (χ4n) is 3.75. The van der Waals surface area contributed by atoms with Crippen molar-refractivity contribution in [1.29, 1.82) is 0 Å². The summed E-state index contributed by atoms with van der Waals surface area (Å²) in [5.41, 5.74) is 4.60. The van der Waals surface area contributed by atoms with E-state index in [9.17, 15) is 9.59 Å². The van der Waals surface area contributed by atoms with Gasteiger partial charge in [0, 0.05) is 24.5 Å². The zero-order valence-corrected chi connectivity index (χ0v) is 16.3. The Morgan fingerprint density at radius 3 is 2.43 bits per heavy atom. The number of hydrogen-bond donors (Lipinski definition) is 1. The molecule has 1 atom stereocenters. The predicted molar refractivity (Wildman–Crippen MR) is 110 cm³/mol.